The Balaban J connectivity index is 0.00000220. The average molecular weight is 314 g/mol. The van der Waals surface area contributed by atoms with Crippen molar-refractivity contribution in [2.75, 3.05) is 19.8 Å². The van der Waals surface area contributed by atoms with Gasteiger partial charge in [-0.15, -0.1) is 12.4 Å². The zero-order valence-electron chi connectivity index (χ0n) is 12.2. The molecule has 0 saturated carbocycles. The number of hydrogen-bond acceptors (Lipinski definition) is 5. The Hall–Kier alpha value is -1.72. The van der Waals surface area contributed by atoms with Crippen LogP contribution in [0, 0.1) is 0 Å². The lowest BCUT2D eigenvalue weighted by Gasteiger charge is -2.13. The zero-order chi connectivity index (χ0) is 14.5. The van der Waals surface area contributed by atoms with E-state index in [-0.39, 0.29) is 17.8 Å². The summed E-state index contributed by atoms with van der Waals surface area (Å²) < 4.78 is 16.9. The molecule has 0 bridgehead atoms. The van der Waals surface area contributed by atoms with Gasteiger partial charge in [-0.05, 0) is 32.5 Å². The Morgan fingerprint density at radius 3 is 2.52 bits per heavy atom. The maximum absolute atomic E-state index is 12.1. The fraction of sp³-hybridized carbons (Fsp3) is 0.400. The highest BCUT2D eigenvalue weighted by molar-refractivity contribution is 5.85. The van der Waals surface area contributed by atoms with E-state index in [4.69, 9.17) is 19.6 Å². The summed E-state index contributed by atoms with van der Waals surface area (Å²) in [6, 6.07) is 4.91. The number of benzene rings is 1. The molecule has 116 valence electrons. The highest BCUT2D eigenvalue weighted by Gasteiger charge is 2.15. The number of halogens is 1. The molecule has 0 aliphatic carbocycles. The molecule has 0 aliphatic rings. The molecule has 2 aromatic rings. The summed E-state index contributed by atoms with van der Waals surface area (Å²) in [5.41, 5.74) is 5.84. The van der Waals surface area contributed by atoms with Crippen LogP contribution in [0.3, 0.4) is 0 Å². The van der Waals surface area contributed by atoms with Gasteiger partial charge in [0.1, 0.15) is 5.76 Å². The first-order valence-corrected chi connectivity index (χ1v) is 6.76. The normalized spacial score (nSPS) is 10.2. The summed E-state index contributed by atoms with van der Waals surface area (Å²) in [5, 5.41) is 0.484. The predicted molar refractivity (Wildman–Crippen MR) is 84.8 cm³/mol. The van der Waals surface area contributed by atoms with E-state index in [0.717, 1.165) is 0 Å². The van der Waals surface area contributed by atoms with Gasteiger partial charge in [0.05, 0.1) is 18.6 Å². The molecular formula is C15H20ClNO4. The number of ether oxygens (including phenoxy) is 2. The van der Waals surface area contributed by atoms with Gasteiger partial charge in [0.25, 0.3) is 0 Å². The van der Waals surface area contributed by atoms with Crippen molar-refractivity contribution in [2.45, 2.75) is 20.3 Å². The molecule has 0 amide bonds. The number of rotatable bonds is 6. The smallest absolute Gasteiger partial charge is 0.204 e. The molecule has 1 aromatic heterocycles. The molecule has 2 rings (SSSR count). The highest BCUT2D eigenvalue weighted by atomic mass is 35.5. The predicted octanol–water partition coefficient (Wildman–Crippen LogP) is 2.51. The third-order valence-corrected chi connectivity index (χ3v) is 2.85. The summed E-state index contributed by atoms with van der Waals surface area (Å²) in [7, 11) is 0. The first-order chi connectivity index (χ1) is 9.71. The van der Waals surface area contributed by atoms with E-state index in [1.807, 2.05) is 13.8 Å². The van der Waals surface area contributed by atoms with E-state index in [2.05, 4.69) is 0 Å². The topological polar surface area (TPSA) is 74.7 Å². The average Bonchev–Trinajstić information content (AvgIpc) is 2.42. The largest absolute Gasteiger partial charge is 0.490 e. The van der Waals surface area contributed by atoms with Gasteiger partial charge in [-0.2, -0.15) is 0 Å². The minimum Gasteiger partial charge on any atom is -0.490 e. The lowest BCUT2D eigenvalue weighted by atomic mass is 10.2. The van der Waals surface area contributed by atoms with E-state index < -0.39 is 0 Å². The quantitative estimate of drug-likeness (QED) is 0.887. The molecular weight excluding hydrogens is 294 g/mol. The van der Waals surface area contributed by atoms with Crippen molar-refractivity contribution in [3.63, 3.8) is 0 Å². The van der Waals surface area contributed by atoms with Crippen molar-refractivity contribution in [3.05, 3.63) is 34.2 Å². The second-order valence-corrected chi connectivity index (χ2v) is 4.25. The van der Waals surface area contributed by atoms with Gasteiger partial charge in [-0.3, -0.25) is 4.79 Å². The van der Waals surface area contributed by atoms with Crippen LogP contribution in [0.25, 0.3) is 11.0 Å². The molecule has 1 heterocycles. The van der Waals surface area contributed by atoms with Gasteiger partial charge >= 0.3 is 0 Å². The number of hydrogen-bond donors (Lipinski definition) is 1. The van der Waals surface area contributed by atoms with Crippen LogP contribution < -0.4 is 20.6 Å². The summed E-state index contributed by atoms with van der Waals surface area (Å²) in [4.78, 5) is 12.1. The summed E-state index contributed by atoms with van der Waals surface area (Å²) in [5.74, 6) is 1.61. The molecule has 0 atom stereocenters. The first-order valence-electron chi connectivity index (χ1n) is 6.76. The van der Waals surface area contributed by atoms with Crippen LogP contribution >= 0.6 is 12.4 Å². The number of nitrogens with two attached hydrogens (primary N) is 1. The lowest BCUT2D eigenvalue weighted by Crippen LogP contribution is -2.08. The number of fused-ring (bicyclic) bond motifs is 1. The standard InChI is InChI=1S/C15H19NO4.ClH/c1-3-18-13-6-5-11-12(17)9-10(7-8-16)20-14(11)15(13)19-4-2;/h5-6,9H,3-4,7-8,16H2,1-2H3;1H. The van der Waals surface area contributed by atoms with E-state index in [9.17, 15) is 4.79 Å². The van der Waals surface area contributed by atoms with Gasteiger partial charge < -0.3 is 19.6 Å². The van der Waals surface area contributed by atoms with Gasteiger partial charge in [-0.1, -0.05) is 0 Å². The van der Waals surface area contributed by atoms with Gasteiger partial charge in [0.15, 0.2) is 16.8 Å². The Labute approximate surface area is 129 Å². The van der Waals surface area contributed by atoms with Crippen LogP contribution in [0.15, 0.2) is 27.4 Å². The maximum atomic E-state index is 12.1. The molecule has 0 unspecified atom stereocenters. The molecule has 0 radical (unpaired) electrons. The van der Waals surface area contributed by atoms with Crippen LogP contribution in [-0.2, 0) is 6.42 Å². The highest BCUT2D eigenvalue weighted by Crippen LogP contribution is 2.35. The lowest BCUT2D eigenvalue weighted by molar-refractivity contribution is 0.286. The van der Waals surface area contributed by atoms with Gasteiger partial charge in [-0.25, -0.2) is 0 Å². The molecule has 0 spiro atoms. The molecule has 6 heteroatoms. The Bertz CT molecular complexity index is 654. The Morgan fingerprint density at radius 2 is 1.90 bits per heavy atom. The van der Waals surface area contributed by atoms with Crippen molar-refractivity contribution >= 4 is 23.4 Å². The second-order valence-electron chi connectivity index (χ2n) is 4.25. The molecule has 0 saturated heterocycles. The third-order valence-electron chi connectivity index (χ3n) is 2.85. The van der Waals surface area contributed by atoms with E-state index in [1.165, 1.54) is 6.07 Å². The summed E-state index contributed by atoms with van der Waals surface area (Å²) in [6.07, 6.45) is 0.510. The van der Waals surface area contributed by atoms with Crippen LogP contribution in [-0.4, -0.2) is 19.8 Å². The summed E-state index contributed by atoms with van der Waals surface area (Å²) in [6.45, 7) is 5.16. The molecule has 1 aromatic carbocycles. The Kier molecular flexibility index (Phi) is 6.52. The van der Waals surface area contributed by atoms with Crippen molar-refractivity contribution in [2.24, 2.45) is 5.73 Å². The first kappa shape index (κ1) is 17.3. The van der Waals surface area contributed by atoms with Gasteiger partial charge in [0, 0.05) is 12.5 Å². The summed E-state index contributed by atoms with van der Waals surface area (Å²) >= 11 is 0. The fourth-order valence-corrected chi connectivity index (χ4v) is 2.04. The SMILES string of the molecule is CCOc1ccc2c(=O)cc(CCN)oc2c1OCC.Cl. The van der Waals surface area contributed by atoms with Crippen LogP contribution in [0.1, 0.15) is 19.6 Å². The molecule has 21 heavy (non-hydrogen) atoms. The van der Waals surface area contributed by atoms with Crippen molar-refractivity contribution in [1.29, 1.82) is 0 Å². The molecule has 0 aliphatic heterocycles. The monoisotopic (exact) mass is 313 g/mol. The third kappa shape index (κ3) is 3.68. The van der Waals surface area contributed by atoms with Crippen LogP contribution in [0.4, 0.5) is 0 Å². The van der Waals surface area contributed by atoms with Crippen LogP contribution in [0.5, 0.6) is 11.5 Å². The molecule has 5 nitrogen and oxygen atoms in total. The Morgan fingerprint density at radius 1 is 1.19 bits per heavy atom. The van der Waals surface area contributed by atoms with Gasteiger partial charge in [0.2, 0.25) is 5.75 Å². The second kappa shape index (κ2) is 7.90. The fourth-order valence-electron chi connectivity index (χ4n) is 2.04. The van der Waals surface area contributed by atoms with Crippen LogP contribution in [0.2, 0.25) is 0 Å². The minimum atomic E-state index is -0.0984. The van der Waals surface area contributed by atoms with Crippen molar-refractivity contribution in [3.8, 4) is 11.5 Å². The van der Waals surface area contributed by atoms with Crippen molar-refractivity contribution < 1.29 is 13.9 Å². The maximum Gasteiger partial charge on any atom is 0.204 e. The minimum absolute atomic E-state index is 0. The zero-order valence-corrected chi connectivity index (χ0v) is 13.0. The molecule has 2 N–H and O–H groups in total. The van der Waals surface area contributed by atoms with E-state index in [0.29, 0.717) is 54.4 Å². The van der Waals surface area contributed by atoms with E-state index >= 15 is 0 Å². The van der Waals surface area contributed by atoms with E-state index in [1.54, 1.807) is 12.1 Å². The van der Waals surface area contributed by atoms with Crippen molar-refractivity contribution in [1.82, 2.24) is 0 Å². The molecule has 0 fully saturated rings.